The fourth-order valence-corrected chi connectivity index (χ4v) is 2.23. The van der Waals surface area contributed by atoms with E-state index in [-0.39, 0.29) is 24.4 Å². The first-order valence-electron chi connectivity index (χ1n) is 6.38. The van der Waals surface area contributed by atoms with Gasteiger partial charge in [-0.1, -0.05) is 6.07 Å². The second-order valence-corrected chi connectivity index (χ2v) is 5.00. The number of piperazine rings is 1. The maximum atomic E-state index is 12.5. The Labute approximate surface area is 121 Å². The van der Waals surface area contributed by atoms with Crippen molar-refractivity contribution < 1.29 is 4.79 Å². The van der Waals surface area contributed by atoms with Gasteiger partial charge in [0.25, 0.3) is 5.91 Å². The normalized spacial score (nSPS) is 18.7. The van der Waals surface area contributed by atoms with Crippen molar-refractivity contribution >= 4 is 24.0 Å². The van der Waals surface area contributed by atoms with E-state index < -0.39 is 0 Å². The average molecular weight is 284 g/mol. The minimum absolute atomic E-state index is 0. The Bertz CT molecular complexity index is 436. The zero-order chi connectivity index (χ0) is 13.1. The van der Waals surface area contributed by atoms with Crippen LogP contribution < -0.4 is 10.2 Å². The molecule has 0 saturated carbocycles. The molecule has 2 rings (SSSR count). The maximum absolute atomic E-state index is 12.5. The van der Waals surface area contributed by atoms with Crippen LogP contribution in [0.1, 0.15) is 17.3 Å². The van der Waals surface area contributed by atoms with Crippen molar-refractivity contribution in [3.8, 4) is 0 Å². The lowest BCUT2D eigenvalue weighted by atomic mass is 10.1. The van der Waals surface area contributed by atoms with Gasteiger partial charge in [0.1, 0.15) is 0 Å². The monoisotopic (exact) mass is 283 g/mol. The Morgan fingerprint density at radius 3 is 2.79 bits per heavy atom. The lowest BCUT2D eigenvalue weighted by molar-refractivity contribution is 0.0656. The molecule has 0 radical (unpaired) electrons. The van der Waals surface area contributed by atoms with Gasteiger partial charge in [0.2, 0.25) is 0 Å². The van der Waals surface area contributed by atoms with Crippen LogP contribution in [0.2, 0.25) is 0 Å². The van der Waals surface area contributed by atoms with Gasteiger partial charge in [0.15, 0.2) is 0 Å². The van der Waals surface area contributed by atoms with Crippen molar-refractivity contribution in [1.82, 2.24) is 10.2 Å². The van der Waals surface area contributed by atoms with E-state index in [0.29, 0.717) is 0 Å². The summed E-state index contributed by atoms with van der Waals surface area (Å²) in [6.45, 7) is 4.62. The maximum Gasteiger partial charge on any atom is 0.254 e. The van der Waals surface area contributed by atoms with Crippen LogP contribution in [0.25, 0.3) is 0 Å². The molecule has 4 nitrogen and oxygen atoms in total. The quantitative estimate of drug-likeness (QED) is 0.896. The second kappa shape index (κ2) is 6.78. The number of hydrogen-bond donors (Lipinski definition) is 1. The van der Waals surface area contributed by atoms with Gasteiger partial charge in [0.05, 0.1) is 0 Å². The molecule has 1 N–H and O–H groups in total. The first-order valence-corrected chi connectivity index (χ1v) is 6.38. The smallest absolute Gasteiger partial charge is 0.254 e. The highest BCUT2D eigenvalue weighted by molar-refractivity contribution is 5.95. The van der Waals surface area contributed by atoms with Gasteiger partial charge >= 0.3 is 0 Å². The molecular formula is C14H22ClN3O. The summed E-state index contributed by atoms with van der Waals surface area (Å²) < 4.78 is 0. The zero-order valence-corrected chi connectivity index (χ0v) is 12.5. The van der Waals surface area contributed by atoms with E-state index in [4.69, 9.17) is 0 Å². The summed E-state index contributed by atoms with van der Waals surface area (Å²) in [5.74, 6) is 0.132. The zero-order valence-electron chi connectivity index (χ0n) is 11.7. The number of carbonyl (C=O) groups excluding carboxylic acids is 1. The Morgan fingerprint density at radius 2 is 2.16 bits per heavy atom. The van der Waals surface area contributed by atoms with Gasteiger partial charge in [-0.25, -0.2) is 0 Å². The van der Waals surface area contributed by atoms with Crippen LogP contribution in [0.15, 0.2) is 24.3 Å². The summed E-state index contributed by atoms with van der Waals surface area (Å²) >= 11 is 0. The van der Waals surface area contributed by atoms with Gasteiger partial charge in [-0.15, -0.1) is 12.4 Å². The molecule has 0 unspecified atom stereocenters. The van der Waals surface area contributed by atoms with Crippen LogP contribution in [-0.2, 0) is 0 Å². The lowest BCUT2D eigenvalue weighted by Gasteiger charge is -2.34. The third-order valence-electron chi connectivity index (χ3n) is 3.37. The summed E-state index contributed by atoms with van der Waals surface area (Å²) in [4.78, 5) is 16.4. The van der Waals surface area contributed by atoms with Gasteiger partial charge in [-0.05, 0) is 25.1 Å². The molecule has 5 heteroatoms. The van der Waals surface area contributed by atoms with Crippen LogP contribution in [0.5, 0.6) is 0 Å². The molecule has 106 valence electrons. The average Bonchev–Trinajstić information content (AvgIpc) is 2.38. The molecule has 1 fully saturated rings. The van der Waals surface area contributed by atoms with Crippen LogP contribution in [0.3, 0.4) is 0 Å². The number of anilines is 1. The Morgan fingerprint density at radius 1 is 1.42 bits per heavy atom. The molecule has 0 aliphatic carbocycles. The number of rotatable bonds is 2. The number of nitrogens with zero attached hydrogens (tertiary/aromatic N) is 2. The van der Waals surface area contributed by atoms with E-state index in [1.165, 1.54) is 0 Å². The van der Waals surface area contributed by atoms with Crippen molar-refractivity contribution in [1.29, 1.82) is 0 Å². The molecule has 1 aromatic carbocycles. The highest BCUT2D eigenvalue weighted by atomic mass is 35.5. The Hall–Kier alpha value is -1.26. The molecule has 1 aliphatic rings. The summed E-state index contributed by atoms with van der Waals surface area (Å²) in [6.07, 6.45) is 0. The number of benzene rings is 1. The van der Waals surface area contributed by atoms with E-state index in [9.17, 15) is 4.79 Å². The molecule has 0 aromatic heterocycles. The number of carbonyl (C=O) groups is 1. The van der Waals surface area contributed by atoms with Crippen molar-refractivity contribution in [2.45, 2.75) is 13.0 Å². The Kier molecular flexibility index (Phi) is 5.63. The lowest BCUT2D eigenvalue weighted by Crippen LogP contribution is -2.52. The highest BCUT2D eigenvalue weighted by Gasteiger charge is 2.24. The SMILES string of the molecule is C[C@H]1CNCCN1C(=O)c1cccc(N(C)C)c1.Cl. The van der Waals surface area contributed by atoms with Crippen molar-refractivity contribution in [3.05, 3.63) is 29.8 Å². The standard InChI is InChI=1S/C14H21N3O.ClH/c1-11-10-15-7-8-17(11)14(18)12-5-4-6-13(9-12)16(2)3;/h4-6,9,11,15H,7-8,10H2,1-3H3;1H/t11-;/m0./s1. The molecule has 1 aliphatic heterocycles. The topological polar surface area (TPSA) is 35.6 Å². The van der Waals surface area contributed by atoms with Gasteiger partial charge in [0, 0.05) is 51.0 Å². The molecule has 1 heterocycles. The van der Waals surface area contributed by atoms with Crippen molar-refractivity contribution in [2.24, 2.45) is 0 Å². The molecule has 19 heavy (non-hydrogen) atoms. The van der Waals surface area contributed by atoms with Crippen LogP contribution in [0.4, 0.5) is 5.69 Å². The van der Waals surface area contributed by atoms with Crippen LogP contribution in [0, 0.1) is 0 Å². The predicted octanol–water partition coefficient (Wildman–Crippen LogP) is 1.61. The fourth-order valence-electron chi connectivity index (χ4n) is 2.23. The highest BCUT2D eigenvalue weighted by Crippen LogP contribution is 2.16. The minimum atomic E-state index is 0. The number of amides is 1. The van der Waals surface area contributed by atoms with E-state index in [1.54, 1.807) is 0 Å². The fraction of sp³-hybridized carbons (Fsp3) is 0.500. The van der Waals surface area contributed by atoms with E-state index in [0.717, 1.165) is 30.9 Å². The first kappa shape index (κ1) is 15.8. The van der Waals surface area contributed by atoms with Crippen molar-refractivity contribution in [2.75, 3.05) is 38.6 Å². The second-order valence-electron chi connectivity index (χ2n) is 5.00. The number of nitrogens with one attached hydrogen (secondary N) is 1. The molecular weight excluding hydrogens is 262 g/mol. The van der Waals surface area contributed by atoms with Gasteiger partial charge in [-0.2, -0.15) is 0 Å². The van der Waals surface area contributed by atoms with Crippen LogP contribution >= 0.6 is 12.4 Å². The third-order valence-corrected chi connectivity index (χ3v) is 3.37. The molecule has 1 amide bonds. The summed E-state index contributed by atoms with van der Waals surface area (Å²) in [7, 11) is 3.97. The molecule has 1 saturated heterocycles. The van der Waals surface area contributed by atoms with Crippen molar-refractivity contribution in [3.63, 3.8) is 0 Å². The molecule has 1 aromatic rings. The van der Waals surface area contributed by atoms with Gasteiger partial charge in [-0.3, -0.25) is 4.79 Å². The Balaban J connectivity index is 0.00000180. The number of hydrogen-bond acceptors (Lipinski definition) is 3. The van der Waals surface area contributed by atoms with Gasteiger partial charge < -0.3 is 15.1 Å². The first-order chi connectivity index (χ1) is 8.59. The minimum Gasteiger partial charge on any atom is -0.378 e. The molecule has 0 spiro atoms. The van der Waals surface area contributed by atoms with E-state index >= 15 is 0 Å². The summed E-state index contributed by atoms with van der Waals surface area (Å²) in [5.41, 5.74) is 1.83. The third kappa shape index (κ3) is 3.61. The molecule has 0 bridgehead atoms. The largest absolute Gasteiger partial charge is 0.378 e. The molecule has 1 atom stereocenters. The van der Waals surface area contributed by atoms with Crippen LogP contribution in [-0.4, -0.2) is 50.6 Å². The van der Waals surface area contributed by atoms with E-state index in [2.05, 4.69) is 12.2 Å². The summed E-state index contributed by atoms with van der Waals surface area (Å²) in [6, 6.07) is 8.06. The number of halogens is 1. The van der Waals surface area contributed by atoms with E-state index in [1.807, 2.05) is 48.2 Å². The summed E-state index contributed by atoms with van der Waals surface area (Å²) in [5, 5.41) is 3.30. The predicted molar refractivity (Wildman–Crippen MR) is 81.4 cm³/mol.